The Labute approximate surface area is 183 Å². The predicted molar refractivity (Wildman–Crippen MR) is 117 cm³/mol. The number of sulfonamides is 1. The van der Waals surface area contributed by atoms with Crippen LogP contribution in [0.1, 0.15) is 51.2 Å². The van der Waals surface area contributed by atoms with E-state index in [1.807, 2.05) is 17.5 Å². The van der Waals surface area contributed by atoms with Gasteiger partial charge in [-0.15, -0.1) is 22.7 Å². The van der Waals surface area contributed by atoms with Crippen LogP contribution in [0.3, 0.4) is 0 Å². The van der Waals surface area contributed by atoms with E-state index in [0.29, 0.717) is 19.6 Å². The molecule has 0 aromatic carbocycles. The summed E-state index contributed by atoms with van der Waals surface area (Å²) in [4.78, 5) is 17.6. The molecule has 9 heteroatoms. The van der Waals surface area contributed by atoms with Gasteiger partial charge >= 0.3 is 0 Å². The van der Waals surface area contributed by atoms with Gasteiger partial charge < -0.3 is 9.32 Å². The summed E-state index contributed by atoms with van der Waals surface area (Å²) in [5, 5.41) is 3.93. The molecule has 1 fully saturated rings. The van der Waals surface area contributed by atoms with Crippen molar-refractivity contribution in [3.8, 4) is 0 Å². The lowest BCUT2D eigenvalue weighted by molar-refractivity contribution is 0.0660. The minimum atomic E-state index is -3.70. The van der Waals surface area contributed by atoms with Crippen LogP contribution < -0.4 is 0 Å². The molecule has 1 amide bonds. The second-order valence-electron chi connectivity index (χ2n) is 7.55. The number of carbonyl (C=O) groups excluding carboxylic acids is 1. The molecule has 1 atom stereocenters. The van der Waals surface area contributed by atoms with Crippen LogP contribution in [0.15, 0.2) is 50.6 Å². The lowest BCUT2D eigenvalue weighted by Gasteiger charge is -2.35. The molecule has 158 valence electrons. The molecule has 0 bridgehead atoms. The van der Waals surface area contributed by atoms with E-state index < -0.39 is 10.0 Å². The Morgan fingerprint density at radius 2 is 1.83 bits per heavy atom. The van der Waals surface area contributed by atoms with Crippen molar-refractivity contribution < 1.29 is 17.6 Å². The summed E-state index contributed by atoms with van der Waals surface area (Å²) in [6.07, 6.45) is 3.54. The van der Waals surface area contributed by atoms with Crippen molar-refractivity contribution in [3.63, 3.8) is 0 Å². The number of rotatable bonds is 4. The first-order valence-corrected chi connectivity index (χ1v) is 13.3. The van der Waals surface area contributed by atoms with E-state index in [0.717, 1.165) is 36.1 Å². The number of hydrogen-bond donors (Lipinski definition) is 0. The molecule has 0 aliphatic carbocycles. The molecule has 0 radical (unpaired) electrons. The number of fused-ring (bicyclic) bond motifs is 1. The SMILES string of the molecule is O=C(c1ccc(S(=O)(=O)N2CCCCC2)o1)N1CCc2sccc2C1c1cccs1. The maximum atomic E-state index is 13.4. The van der Waals surface area contributed by atoms with Gasteiger partial charge in [-0.25, -0.2) is 8.42 Å². The Morgan fingerprint density at radius 1 is 1.00 bits per heavy atom. The summed E-state index contributed by atoms with van der Waals surface area (Å²) in [5.74, 6) is -0.198. The number of nitrogens with zero attached hydrogens (tertiary/aromatic N) is 2. The minimum Gasteiger partial charge on any atom is -0.438 e. The van der Waals surface area contributed by atoms with Gasteiger partial charge in [-0.05, 0) is 59.9 Å². The fraction of sp³-hybridized carbons (Fsp3) is 0.381. The molecule has 2 aliphatic heterocycles. The number of amides is 1. The van der Waals surface area contributed by atoms with Crippen LogP contribution in [-0.4, -0.2) is 43.2 Å². The zero-order valence-corrected chi connectivity index (χ0v) is 18.8. The van der Waals surface area contributed by atoms with E-state index in [1.54, 1.807) is 27.6 Å². The quantitative estimate of drug-likeness (QED) is 0.577. The topological polar surface area (TPSA) is 70.8 Å². The van der Waals surface area contributed by atoms with E-state index in [4.69, 9.17) is 4.42 Å². The Kier molecular flexibility index (Phi) is 5.30. The van der Waals surface area contributed by atoms with Crippen molar-refractivity contribution in [1.82, 2.24) is 9.21 Å². The molecular weight excluding hydrogens is 440 g/mol. The average molecular weight is 463 g/mol. The molecule has 1 unspecified atom stereocenters. The molecule has 30 heavy (non-hydrogen) atoms. The number of hydrogen-bond acceptors (Lipinski definition) is 6. The number of thiophene rings is 2. The van der Waals surface area contributed by atoms with Crippen LogP contribution in [0.2, 0.25) is 0 Å². The van der Waals surface area contributed by atoms with E-state index in [1.165, 1.54) is 21.3 Å². The molecule has 0 spiro atoms. The summed E-state index contributed by atoms with van der Waals surface area (Å²) in [7, 11) is -3.70. The zero-order chi connectivity index (χ0) is 20.7. The number of furan rings is 1. The van der Waals surface area contributed by atoms with Gasteiger partial charge in [-0.3, -0.25) is 4.79 Å². The minimum absolute atomic E-state index is 0.0748. The highest BCUT2D eigenvalue weighted by molar-refractivity contribution is 7.89. The van der Waals surface area contributed by atoms with E-state index >= 15 is 0 Å². The van der Waals surface area contributed by atoms with Gasteiger partial charge in [0.25, 0.3) is 15.9 Å². The fourth-order valence-electron chi connectivity index (χ4n) is 4.24. The Hall–Kier alpha value is -1.94. The maximum absolute atomic E-state index is 13.4. The van der Waals surface area contributed by atoms with Crippen LogP contribution in [0, 0.1) is 0 Å². The average Bonchev–Trinajstić information content (AvgIpc) is 3.54. The first kappa shape index (κ1) is 20.0. The summed E-state index contributed by atoms with van der Waals surface area (Å²) >= 11 is 3.34. The molecule has 3 aromatic heterocycles. The normalized spacial score (nSPS) is 20.3. The smallest absolute Gasteiger partial charge is 0.290 e. The Bertz CT molecular complexity index is 1140. The molecule has 1 saturated heterocycles. The van der Waals surface area contributed by atoms with Gasteiger partial charge in [-0.2, -0.15) is 4.31 Å². The van der Waals surface area contributed by atoms with Gasteiger partial charge in [0.15, 0.2) is 5.76 Å². The highest BCUT2D eigenvalue weighted by Crippen LogP contribution is 2.40. The molecule has 0 N–H and O–H groups in total. The van der Waals surface area contributed by atoms with Crippen LogP contribution in [0.25, 0.3) is 0 Å². The first-order chi connectivity index (χ1) is 14.6. The van der Waals surface area contributed by atoms with Gasteiger partial charge in [0.1, 0.15) is 0 Å². The second-order valence-corrected chi connectivity index (χ2v) is 11.4. The van der Waals surface area contributed by atoms with Gasteiger partial charge in [0.05, 0.1) is 6.04 Å². The highest BCUT2D eigenvalue weighted by Gasteiger charge is 2.36. The zero-order valence-electron chi connectivity index (χ0n) is 16.3. The molecule has 5 rings (SSSR count). The van der Waals surface area contributed by atoms with Crippen LogP contribution in [0.4, 0.5) is 0 Å². The molecule has 5 heterocycles. The first-order valence-electron chi connectivity index (χ1n) is 10.1. The van der Waals surface area contributed by atoms with Crippen molar-refractivity contribution in [3.05, 3.63) is 62.2 Å². The molecule has 2 aliphatic rings. The van der Waals surface area contributed by atoms with Crippen molar-refractivity contribution in [1.29, 1.82) is 0 Å². The van der Waals surface area contributed by atoms with Gasteiger partial charge in [-0.1, -0.05) is 12.5 Å². The molecule has 3 aromatic rings. The monoisotopic (exact) mass is 462 g/mol. The number of carbonyl (C=O) groups is 1. The van der Waals surface area contributed by atoms with Crippen LogP contribution in [-0.2, 0) is 16.4 Å². The van der Waals surface area contributed by atoms with E-state index in [-0.39, 0.29) is 22.8 Å². The standard InChI is InChI=1S/C21H22N2O4S3/c24-21(16-6-7-19(27-16)30(25,26)22-10-2-1-3-11-22)23-12-8-17-15(9-14-29-17)20(23)18-5-4-13-28-18/h4-7,9,13-14,20H,1-3,8,10-12H2. The second kappa shape index (κ2) is 7.96. The lowest BCUT2D eigenvalue weighted by atomic mass is 9.98. The van der Waals surface area contributed by atoms with Crippen molar-refractivity contribution in [2.45, 2.75) is 36.8 Å². The third-order valence-electron chi connectivity index (χ3n) is 5.74. The third kappa shape index (κ3) is 3.43. The predicted octanol–water partition coefficient (Wildman–Crippen LogP) is 4.37. The molecule has 0 saturated carbocycles. The van der Waals surface area contributed by atoms with Crippen LogP contribution >= 0.6 is 22.7 Å². The Morgan fingerprint density at radius 3 is 2.60 bits per heavy atom. The summed E-state index contributed by atoms with van der Waals surface area (Å²) in [5.41, 5.74) is 1.15. The molecular formula is C21H22N2O4S3. The highest BCUT2D eigenvalue weighted by atomic mass is 32.2. The summed E-state index contributed by atoms with van der Waals surface area (Å²) in [6.45, 7) is 1.57. The molecule has 6 nitrogen and oxygen atoms in total. The van der Waals surface area contributed by atoms with Crippen molar-refractivity contribution >= 4 is 38.6 Å². The van der Waals surface area contributed by atoms with Gasteiger partial charge in [0.2, 0.25) is 5.09 Å². The van der Waals surface area contributed by atoms with Crippen molar-refractivity contribution in [2.24, 2.45) is 0 Å². The largest absolute Gasteiger partial charge is 0.438 e. The Balaban J connectivity index is 1.45. The van der Waals surface area contributed by atoms with E-state index in [2.05, 4.69) is 11.4 Å². The van der Waals surface area contributed by atoms with Crippen LogP contribution in [0.5, 0.6) is 0 Å². The fourth-order valence-corrected chi connectivity index (χ4v) is 7.42. The summed E-state index contributed by atoms with van der Waals surface area (Å²) in [6, 6.07) is 8.85. The van der Waals surface area contributed by atoms with E-state index in [9.17, 15) is 13.2 Å². The lowest BCUT2D eigenvalue weighted by Crippen LogP contribution is -2.39. The number of piperidine rings is 1. The third-order valence-corrected chi connectivity index (χ3v) is 9.43. The van der Waals surface area contributed by atoms with Gasteiger partial charge in [0, 0.05) is 29.4 Å². The maximum Gasteiger partial charge on any atom is 0.290 e. The van der Waals surface area contributed by atoms with Crippen molar-refractivity contribution in [2.75, 3.05) is 19.6 Å². The summed E-state index contributed by atoms with van der Waals surface area (Å²) < 4.78 is 32.9.